The molecule has 2 rings (SSSR count). The van der Waals surface area contributed by atoms with E-state index in [9.17, 15) is 0 Å². The van der Waals surface area contributed by atoms with E-state index in [1.807, 2.05) is 13.0 Å². The molecule has 1 N–H and O–H groups in total. The van der Waals surface area contributed by atoms with Gasteiger partial charge in [0.2, 0.25) is 5.89 Å². The predicted molar refractivity (Wildman–Crippen MR) is 63.0 cm³/mol. The second kappa shape index (κ2) is 4.61. The van der Waals surface area contributed by atoms with Crippen LogP contribution >= 0.6 is 15.9 Å². The average molecular weight is 283 g/mol. The van der Waals surface area contributed by atoms with E-state index in [1.165, 1.54) is 0 Å². The fraction of sp³-hybridized carbons (Fsp3) is 0.300. The van der Waals surface area contributed by atoms with Crippen LogP contribution in [0, 0.1) is 13.8 Å². The van der Waals surface area contributed by atoms with E-state index in [2.05, 4.69) is 36.4 Å². The van der Waals surface area contributed by atoms with Gasteiger partial charge in [0, 0.05) is 17.6 Å². The third-order valence-corrected chi connectivity index (χ3v) is 2.87. The van der Waals surface area contributed by atoms with Crippen LogP contribution in [0.2, 0.25) is 0 Å². The van der Waals surface area contributed by atoms with Crippen LogP contribution in [0.1, 0.15) is 17.3 Å². The first kappa shape index (κ1) is 11.1. The van der Waals surface area contributed by atoms with Crippen LogP contribution in [0.5, 0.6) is 0 Å². The van der Waals surface area contributed by atoms with Gasteiger partial charge >= 0.3 is 0 Å². The van der Waals surface area contributed by atoms with Crippen LogP contribution in [0.3, 0.4) is 0 Å². The van der Waals surface area contributed by atoms with Gasteiger partial charge in [-0.3, -0.25) is 0 Å². The van der Waals surface area contributed by atoms with Crippen molar-refractivity contribution >= 4 is 21.7 Å². The number of pyridine rings is 1. The van der Waals surface area contributed by atoms with Gasteiger partial charge in [0.25, 0.3) is 0 Å². The van der Waals surface area contributed by atoms with Gasteiger partial charge in [-0.25, -0.2) is 4.98 Å². The summed E-state index contributed by atoms with van der Waals surface area (Å²) in [5.41, 5.74) is 1.13. The van der Waals surface area contributed by atoms with E-state index < -0.39 is 0 Å². The third-order valence-electron chi connectivity index (χ3n) is 2.04. The van der Waals surface area contributed by atoms with Gasteiger partial charge in [0.05, 0.1) is 6.54 Å². The fourth-order valence-electron chi connectivity index (χ4n) is 1.22. The Hall–Kier alpha value is -1.43. The van der Waals surface area contributed by atoms with Gasteiger partial charge in [-0.1, -0.05) is 5.16 Å². The lowest BCUT2D eigenvalue weighted by atomic mass is 10.3. The van der Waals surface area contributed by atoms with Gasteiger partial charge < -0.3 is 9.84 Å². The molecule has 0 aliphatic rings. The second-order valence-corrected chi connectivity index (χ2v) is 4.26. The van der Waals surface area contributed by atoms with Crippen molar-refractivity contribution in [3.63, 3.8) is 0 Å². The molecule has 0 radical (unpaired) electrons. The highest BCUT2D eigenvalue weighted by atomic mass is 79.9. The topological polar surface area (TPSA) is 63.8 Å². The number of halogens is 1. The molecule has 0 amide bonds. The average Bonchev–Trinajstić information content (AvgIpc) is 2.66. The molecule has 16 heavy (non-hydrogen) atoms. The number of nitrogens with one attached hydrogen (secondary N) is 1. The smallest absolute Gasteiger partial charge is 0.223 e. The molecule has 84 valence electrons. The zero-order valence-electron chi connectivity index (χ0n) is 8.99. The molecule has 5 nitrogen and oxygen atoms in total. The summed E-state index contributed by atoms with van der Waals surface area (Å²) < 4.78 is 5.86. The Labute approximate surface area is 101 Å². The molecular weight excluding hydrogens is 272 g/mol. The zero-order chi connectivity index (χ0) is 11.5. The minimum Gasteiger partial charge on any atom is -0.363 e. The first-order valence-corrected chi connectivity index (χ1v) is 5.59. The molecular formula is C10H11BrN4O. The highest BCUT2D eigenvalue weighted by molar-refractivity contribution is 9.10. The minimum absolute atomic E-state index is 0.505. The maximum absolute atomic E-state index is 4.87. The Balaban J connectivity index is 2.02. The number of hydrogen-bond acceptors (Lipinski definition) is 5. The number of anilines is 1. The third kappa shape index (κ3) is 2.57. The van der Waals surface area contributed by atoms with Gasteiger partial charge in [0.15, 0.2) is 5.82 Å². The molecule has 0 unspecified atom stereocenters. The molecule has 0 aliphatic heterocycles. The van der Waals surface area contributed by atoms with Gasteiger partial charge in [0.1, 0.15) is 5.82 Å². The first-order valence-electron chi connectivity index (χ1n) is 4.80. The molecule has 0 aromatic carbocycles. The molecule has 0 spiro atoms. The van der Waals surface area contributed by atoms with Crippen LogP contribution in [0.4, 0.5) is 5.82 Å². The van der Waals surface area contributed by atoms with E-state index in [-0.39, 0.29) is 0 Å². The fourth-order valence-corrected chi connectivity index (χ4v) is 1.44. The normalized spacial score (nSPS) is 10.4. The Kier molecular flexibility index (Phi) is 3.19. The number of aryl methyl sites for hydroxylation is 2. The molecule has 6 heteroatoms. The van der Waals surface area contributed by atoms with Crippen LogP contribution in [-0.2, 0) is 6.54 Å². The minimum atomic E-state index is 0.505. The summed E-state index contributed by atoms with van der Waals surface area (Å²) in [6.07, 6.45) is 1.76. The van der Waals surface area contributed by atoms with Crippen LogP contribution in [-0.4, -0.2) is 15.1 Å². The van der Waals surface area contributed by atoms with E-state index in [1.54, 1.807) is 13.1 Å². The standard InChI is InChI=1S/C10H11BrN4O/c1-6-3-9(12-4-8(6)11)13-5-10-14-7(2)16-15-10/h3-4H,5H2,1-2H3,(H,12,13). The molecule has 0 aliphatic carbocycles. The lowest BCUT2D eigenvalue weighted by molar-refractivity contribution is 0.388. The zero-order valence-corrected chi connectivity index (χ0v) is 10.6. The van der Waals surface area contributed by atoms with Gasteiger partial charge in [-0.2, -0.15) is 4.98 Å². The summed E-state index contributed by atoms with van der Waals surface area (Å²) in [5.74, 6) is 1.99. The molecule has 0 saturated carbocycles. The molecule has 2 aromatic rings. The summed E-state index contributed by atoms with van der Waals surface area (Å²) in [7, 11) is 0. The molecule has 2 aromatic heterocycles. The highest BCUT2D eigenvalue weighted by Gasteiger charge is 2.03. The van der Waals surface area contributed by atoms with Crippen molar-refractivity contribution in [1.29, 1.82) is 0 Å². The van der Waals surface area contributed by atoms with Crippen molar-refractivity contribution in [2.45, 2.75) is 20.4 Å². The van der Waals surface area contributed by atoms with Gasteiger partial charge in [-0.15, -0.1) is 0 Å². The SMILES string of the molecule is Cc1nc(CNc2cc(C)c(Br)cn2)no1. The van der Waals surface area contributed by atoms with E-state index in [0.29, 0.717) is 18.3 Å². The second-order valence-electron chi connectivity index (χ2n) is 3.40. The number of rotatable bonds is 3. The monoisotopic (exact) mass is 282 g/mol. The Morgan fingerprint density at radius 1 is 1.44 bits per heavy atom. The highest BCUT2D eigenvalue weighted by Crippen LogP contribution is 2.17. The van der Waals surface area contributed by atoms with Crippen molar-refractivity contribution in [3.05, 3.63) is 34.0 Å². The molecule has 0 atom stereocenters. The molecule has 0 fully saturated rings. The van der Waals surface area contributed by atoms with Crippen LogP contribution < -0.4 is 5.32 Å². The number of aromatic nitrogens is 3. The summed E-state index contributed by atoms with van der Waals surface area (Å²) in [4.78, 5) is 8.31. The lowest BCUT2D eigenvalue weighted by Crippen LogP contribution is -2.03. The van der Waals surface area contributed by atoms with E-state index in [0.717, 1.165) is 15.9 Å². The maximum atomic E-state index is 4.87. The Morgan fingerprint density at radius 2 is 2.25 bits per heavy atom. The van der Waals surface area contributed by atoms with Crippen molar-refractivity contribution < 1.29 is 4.52 Å². The molecule has 0 bridgehead atoms. The van der Waals surface area contributed by atoms with Crippen molar-refractivity contribution in [2.24, 2.45) is 0 Å². The van der Waals surface area contributed by atoms with Gasteiger partial charge in [-0.05, 0) is 34.5 Å². The first-order chi connectivity index (χ1) is 7.65. The quantitative estimate of drug-likeness (QED) is 0.937. The van der Waals surface area contributed by atoms with Crippen LogP contribution in [0.15, 0.2) is 21.3 Å². The van der Waals surface area contributed by atoms with E-state index in [4.69, 9.17) is 4.52 Å². The summed E-state index contributed by atoms with van der Waals surface area (Å²) >= 11 is 3.40. The predicted octanol–water partition coefficient (Wildman–Crippen LogP) is 2.46. The van der Waals surface area contributed by atoms with Crippen molar-refractivity contribution in [1.82, 2.24) is 15.1 Å². The largest absolute Gasteiger partial charge is 0.363 e. The van der Waals surface area contributed by atoms with Crippen molar-refractivity contribution in [2.75, 3.05) is 5.32 Å². The van der Waals surface area contributed by atoms with Crippen molar-refractivity contribution in [3.8, 4) is 0 Å². The van der Waals surface area contributed by atoms with Crippen LogP contribution in [0.25, 0.3) is 0 Å². The van der Waals surface area contributed by atoms with E-state index >= 15 is 0 Å². The number of nitrogens with zero attached hydrogens (tertiary/aromatic N) is 3. The molecule has 0 saturated heterocycles. The maximum Gasteiger partial charge on any atom is 0.223 e. The molecule has 2 heterocycles. The summed E-state index contributed by atoms with van der Waals surface area (Å²) in [5, 5.41) is 6.91. The summed E-state index contributed by atoms with van der Waals surface area (Å²) in [6, 6.07) is 1.96. The Morgan fingerprint density at radius 3 is 2.88 bits per heavy atom. The summed E-state index contributed by atoms with van der Waals surface area (Å²) in [6.45, 7) is 4.28. The number of hydrogen-bond donors (Lipinski definition) is 1. The Bertz CT molecular complexity index is 497. The lowest BCUT2D eigenvalue weighted by Gasteiger charge is -2.04.